The van der Waals surface area contributed by atoms with Gasteiger partial charge in [0, 0.05) is 29.7 Å². The molecule has 0 saturated heterocycles. The van der Waals surface area contributed by atoms with Gasteiger partial charge in [-0.25, -0.2) is 0 Å². The molecule has 0 aliphatic carbocycles. The highest BCUT2D eigenvalue weighted by atomic mass is 32.2. The Bertz CT molecular complexity index is 2340. The van der Waals surface area contributed by atoms with Crippen LogP contribution >= 0.6 is 23.1 Å². The van der Waals surface area contributed by atoms with Crippen LogP contribution in [0.5, 0.6) is 0 Å². The van der Waals surface area contributed by atoms with Crippen LogP contribution in [0.1, 0.15) is 17.8 Å². The fraction of sp³-hybridized carbons (Fsp3) is 0.194. The first-order chi connectivity index (χ1) is 21.5. The van der Waals surface area contributed by atoms with Crippen LogP contribution in [-0.4, -0.2) is 48.6 Å². The van der Waals surface area contributed by atoms with Gasteiger partial charge < -0.3 is 13.9 Å². The van der Waals surface area contributed by atoms with E-state index in [2.05, 4.69) is 45.9 Å². The lowest BCUT2D eigenvalue weighted by molar-refractivity contribution is -0.667. The zero-order valence-corrected chi connectivity index (χ0v) is 27.0. The first-order valence-electron chi connectivity index (χ1n) is 14.1. The van der Waals surface area contributed by atoms with Gasteiger partial charge in [-0.3, -0.25) is 9.11 Å². The van der Waals surface area contributed by atoms with Gasteiger partial charge in [0.1, 0.15) is 10.3 Å². The zero-order chi connectivity index (χ0) is 31.3. The Kier molecular flexibility index (Phi) is 7.74. The first kappa shape index (κ1) is 30.0. The molecular formula is C31H28N3O7S4+. The minimum Gasteiger partial charge on any atom is -0.464 e. The van der Waals surface area contributed by atoms with Gasteiger partial charge in [0.2, 0.25) is 5.52 Å². The molecule has 14 heteroatoms. The third kappa shape index (κ3) is 6.13. The Morgan fingerprint density at radius 3 is 2.53 bits per heavy atom. The van der Waals surface area contributed by atoms with Crippen LogP contribution in [0.15, 0.2) is 93.5 Å². The van der Waals surface area contributed by atoms with Crippen LogP contribution in [0.3, 0.4) is 0 Å². The molecule has 0 bridgehead atoms. The maximum absolute atomic E-state index is 11.6. The van der Waals surface area contributed by atoms with E-state index in [1.807, 2.05) is 47.2 Å². The number of hydrogen-bond donors (Lipinski definition) is 2. The molecule has 10 nitrogen and oxygen atoms in total. The molecule has 1 aliphatic heterocycles. The van der Waals surface area contributed by atoms with Crippen molar-refractivity contribution in [1.29, 1.82) is 0 Å². The van der Waals surface area contributed by atoms with Crippen molar-refractivity contribution < 1.29 is 34.9 Å². The van der Waals surface area contributed by atoms with Crippen molar-refractivity contribution in [3.8, 4) is 5.69 Å². The molecular weight excluding hydrogens is 655 g/mol. The third-order valence-electron chi connectivity index (χ3n) is 7.73. The smallest absolute Gasteiger partial charge is 0.265 e. The highest BCUT2D eigenvalue weighted by Gasteiger charge is 2.30. The lowest BCUT2D eigenvalue weighted by Crippen LogP contribution is -2.36. The van der Waals surface area contributed by atoms with Crippen molar-refractivity contribution in [1.82, 2.24) is 4.57 Å². The number of aromatic nitrogens is 2. The standard InChI is InChI=1S/C31H27N3O7S4/c35-44(36,37)17-3-13-33-25-19-22(32-15-11-21-5-1-2-6-24(21)32)7-9-27(25)42-29(33)20-30-34(14-4-18-45(38,39)40)31-23-12-16-41-26(23)8-10-28(31)43-30/h1-2,5-12,15-16,19-20H,3-4,13-14,17-18H2,(H-,35,36,37,38,39,40)/p+1. The Hall–Kier alpha value is -3.66. The number of hydrogen-bond acceptors (Lipinski definition) is 8. The van der Waals surface area contributed by atoms with E-state index in [1.54, 1.807) is 29.4 Å². The van der Waals surface area contributed by atoms with E-state index in [1.165, 1.54) is 0 Å². The molecule has 4 heterocycles. The van der Waals surface area contributed by atoms with Gasteiger partial charge in [0.25, 0.3) is 25.2 Å². The van der Waals surface area contributed by atoms with Crippen LogP contribution in [0.25, 0.3) is 43.9 Å². The van der Waals surface area contributed by atoms with Crippen molar-refractivity contribution in [2.45, 2.75) is 24.3 Å². The molecule has 0 unspecified atom stereocenters. The average Bonchev–Trinajstić information content (AvgIpc) is 3.76. The minimum absolute atomic E-state index is 0.208. The van der Waals surface area contributed by atoms with Crippen molar-refractivity contribution >= 4 is 87.2 Å². The van der Waals surface area contributed by atoms with Crippen LogP contribution in [0.2, 0.25) is 0 Å². The molecule has 0 saturated carbocycles. The Labute approximate surface area is 267 Å². The quantitative estimate of drug-likeness (QED) is 0.125. The fourth-order valence-electron chi connectivity index (χ4n) is 5.78. The average molecular weight is 683 g/mol. The predicted octanol–water partition coefficient (Wildman–Crippen LogP) is 6.35. The summed E-state index contributed by atoms with van der Waals surface area (Å²) < 4.78 is 75.9. The van der Waals surface area contributed by atoms with E-state index < -0.39 is 20.2 Å². The van der Waals surface area contributed by atoms with Gasteiger partial charge in [-0.15, -0.1) is 0 Å². The van der Waals surface area contributed by atoms with Crippen molar-refractivity contribution in [2.75, 3.05) is 23.0 Å². The molecule has 0 fully saturated rings. The molecule has 3 aromatic carbocycles. The highest BCUT2D eigenvalue weighted by molar-refractivity contribution is 8.04. The van der Waals surface area contributed by atoms with Crippen molar-refractivity contribution in [2.24, 2.45) is 0 Å². The summed E-state index contributed by atoms with van der Waals surface area (Å²) in [5.41, 5.74) is 4.57. The number of rotatable bonds is 10. The summed E-state index contributed by atoms with van der Waals surface area (Å²) in [5.74, 6) is -0.733. The minimum atomic E-state index is -4.14. The Morgan fingerprint density at radius 2 is 1.71 bits per heavy atom. The summed E-state index contributed by atoms with van der Waals surface area (Å²) in [4.78, 5) is 3.07. The zero-order valence-electron chi connectivity index (χ0n) is 23.7. The van der Waals surface area contributed by atoms with Gasteiger partial charge in [0.15, 0.2) is 6.54 Å². The third-order valence-corrected chi connectivity index (χ3v) is 11.5. The van der Waals surface area contributed by atoms with E-state index >= 15 is 0 Å². The second kappa shape index (κ2) is 11.6. The largest absolute Gasteiger partial charge is 0.464 e. The second-order valence-corrected chi connectivity index (χ2v) is 16.0. The van der Waals surface area contributed by atoms with Gasteiger partial charge in [-0.05, 0) is 60.3 Å². The number of anilines is 1. The molecule has 6 aromatic rings. The number of nitrogens with zero attached hydrogens (tertiary/aromatic N) is 3. The van der Waals surface area contributed by atoms with Crippen LogP contribution in [0.4, 0.5) is 5.69 Å². The van der Waals surface area contributed by atoms with E-state index in [-0.39, 0.29) is 24.3 Å². The normalized spacial score (nSPS) is 14.8. The molecule has 0 spiro atoms. The summed E-state index contributed by atoms with van der Waals surface area (Å²) >= 11 is 3.11. The van der Waals surface area contributed by atoms with Crippen LogP contribution in [0, 0.1) is 0 Å². The molecule has 3 aromatic heterocycles. The summed E-state index contributed by atoms with van der Waals surface area (Å²) in [7, 11) is -8.27. The molecule has 2 N–H and O–H groups in total. The number of thioether (sulfide) groups is 1. The van der Waals surface area contributed by atoms with E-state index in [0.29, 0.717) is 18.7 Å². The number of furan rings is 1. The van der Waals surface area contributed by atoms with Crippen molar-refractivity contribution in [3.63, 3.8) is 0 Å². The van der Waals surface area contributed by atoms with Crippen molar-refractivity contribution in [3.05, 3.63) is 89.2 Å². The Balaban J connectivity index is 1.32. The molecule has 7 rings (SSSR count). The number of fused-ring (bicyclic) bond motifs is 5. The number of thiazole rings is 1. The molecule has 45 heavy (non-hydrogen) atoms. The summed E-state index contributed by atoms with van der Waals surface area (Å²) in [6.45, 7) is 0.690. The van der Waals surface area contributed by atoms with Gasteiger partial charge >= 0.3 is 0 Å². The second-order valence-electron chi connectivity index (χ2n) is 10.7. The van der Waals surface area contributed by atoms with E-state index in [0.717, 1.165) is 52.8 Å². The topological polar surface area (TPSA) is 134 Å². The first-order valence-corrected chi connectivity index (χ1v) is 19.0. The number of aryl methyl sites for hydroxylation is 1. The monoisotopic (exact) mass is 682 g/mol. The maximum Gasteiger partial charge on any atom is 0.265 e. The van der Waals surface area contributed by atoms with E-state index in [9.17, 15) is 25.9 Å². The summed E-state index contributed by atoms with van der Waals surface area (Å²) in [6.07, 6.45) is 6.10. The summed E-state index contributed by atoms with van der Waals surface area (Å²) in [6, 6.07) is 22.1. The lowest BCUT2D eigenvalue weighted by atomic mass is 10.2. The van der Waals surface area contributed by atoms with Crippen LogP contribution < -0.4 is 9.47 Å². The SMILES string of the molecule is O=S(=O)(O)CCCN1C(=Cc2sc3ccc4occc4c3[n+]2CCCS(=O)(=O)O)Sc2ccc(-n3ccc4ccccc43)cc21. The molecule has 0 amide bonds. The number of para-hydroxylation sites is 1. The lowest BCUT2D eigenvalue weighted by Gasteiger charge is -2.20. The van der Waals surface area contributed by atoms with E-state index in [4.69, 9.17) is 4.42 Å². The maximum atomic E-state index is 11.6. The molecule has 0 radical (unpaired) electrons. The highest BCUT2D eigenvalue weighted by Crippen LogP contribution is 2.48. The fourth-order valence-corrected chi connectivity index (χ4v) is 9.09. The van der Waals surface area contributed by atoms with Gasteiger partial charge in [0.05, 0.1) is 45.5 Å². The molecule has 0 atom stereocenters. The van der Waals surface area contributed by atoms with Crippen LogP contribution in [-0.2, 0) is 26.8 Å². The molecule has 232 valence electrons. The van der Waals surface area contributed by atoms with Gasteiger partial charge in [-0.1, -0.05) is 41.3 Å². The molecule has 1 aliphatic rings. The predicted molar refractivity (Wildman–Crippen MR) is 178 cm³/mol. The Morgan fingerprint density at radius 1 is 0.911 bits per heavy atom. The number of benzene rings is 3. The van der Waals surface area contributed by atoms with Gasteiger partial charge in [-0.2, -0.15) is 21.4 Å². The summed E-state index contributed by atoms with van der Waals surface area (Å²) in [5, 5.41) is 3.75.